The number of sulfonamides is 1. The molecule has 23 heavy (non-hydrogen) atoms. The summed E-state index contributed by atoms with van der Waals surface area (Å²) in [7, 11) is -3.30. The molecule has 1 unspecified atom stereocenters. The van der Waals surface area contributed by atoms with Crippen LogP contribution in [-0.2, 0) is 16.4 Å². The normalized spacial score (nSPS) is 17.2. The van der Waals surface area contributed by atoms with E-state index in [1.807, 2.05) is 6.92 Å². The quantitative estimate of drug-likeness (QED) is 0.730. The van der Waals surface area contributed by atoms with Crippen LogP contribution in [-0.4, -0.2) is 46.3 Å². The standard InChI is InChI=1S/C16H25N3O3S/c1-4-7-17-8-9-18-16(20)13-5-6-15-14(11-13)10-12(2)19(15)23(3,21)22/h5-6,11-12,17H,4,7-10H2,1-3H3,(H,18,20). The Morgan fingerprint density at radius 3 is 2.70 bits per heavy atom. The Kier molecular flexibility index (Phi) is 5.64. The van der Waals surface area contributed by atoms with Crippen molar-refractivity contribution in [2.24, 2.45) is 0 Å². The minimum absolute atomic E-state index is 0.114. The fraction of sp³-hybridized carbons (Fsp3) is 0.562. The summed E-state index contributed by atoms with van der Waals surface area (Å²) in [5.41, 5.74) is 2.16. The van der Waals surface area contributed by atoms with Gasteiger partial charge < -0.3 is 10.6 Å². The van der Waals surface area contributed by atoms with Crippen molar-refractivity contribution < 1.29 is 13.2 Å². The van der Waals surface area contributed by atoms with Crippen LogP contribution in [0.2, 0.25) is 0 Å². The molecule has 0 aliphatic carbocycles. The molecule has 0 radical (unpaired) electrons. The molecule has 7 heteroatoms. The molecular formula is C16H25N3O3S. The Balaban J connectivity index is 2.05. The summed E-state index contributed by atoms with van der Waals surface area (Å²) in [5, 5.41) is 6.09. The molecule has 0 saturated carbocycles. The summed E-state index contributed by atoms with van der Waals surface area (Å²) in [4.78, 5) is 12.2. The van der Waals surface area contributed by atoms with Gasteiger partial charge in [0.25, 0.3) is 5.91 Å². The van der Waals surface area contributed by atoms with Crippen LogP contribution in [0, 0.1) is 0 Å². The van der Waals surface area contributed by atoms with Gasteiger partial charge in [-0.1, -0.05) is 6.92 Å². The maximum Gasteiger partial charge on any atom is 0.251 e. The first-order valence-electron chi connectivity index (χ1n) is 7.96. The van der Waals surface area contributed by atoms with Gasteiger partial charge in [-0.2, -0.15) is 0 Å². The maximum absolute atomic E-state index is 12.2. The van der Waals surface area contributed by atoms with Gasteiger partial charge in [-0.3, -0.25) is 9.10 Å². The van der Waals surface area contributed by atoms with E-state index < -0.39 is 10.0 Å². The van der Waals surface area contributed by atoms with Gasteiger partial charge in [0, 0.05) is 24.7 Å². The van der Waals surface area contributed by atoms with Crippen LogP contribution in [0.3, 0.4) is 0 Å². The number of carbonyl (C=O) groups excluding carboxylic acids is 1. The predicted molar refractivity (Wildman–Crippen MR) is 92.4 cm³/mol. The fourth-order valence-electron chi connectivity index (χ4n) is 2.92. The van der Waals surface area contributed by atoms with Crippen molar-refractivity contribution in [3.05, 3.63) is 29.3 Å². The molecule has 2 rings (SSSR count). The van der Waals surface area contributed by atoms with Crippen LogP contribution >= 0.6 is 0 Å². The zero-order valence-electron chi connectivity index (χ0n) is 13.9. The fourth-order valence-corrected chi connectivity index (χ4v) is 4.18. The monoisotopic (exact) mass is 339 g/mol. The number of anilines is 1. The molecule has 0 saturated heterocycles. The third kappa shape index (κ3) is 4.23. The van der Waals surface area contributed by atoms with Gasteiger partial charge >= 0.3 is 0 Å². The summed E-state index contributed by atoms with van der Waals surface area (Å²) in [6, 6.07) is 5.09. The molecule has 1 heterocycles. The van der Waals surface area contributed by atoms with E-state index in [-0.39, 0.29) is 11.9 Å². The number of rotatable bonds is 7. The number of carbonyl (C=O) groups is 1. The largest absolute Gasteiger partial charge is 0.351 e. The lowest BCUT2D eigenvalue weighted by Crippen LogP contribution is -2.34. The molecule has 0 fully saturated rings. The zero-order valence-corrected chi connectivity index (χ0v) is 14.7. The summed E-state index contributed by atoms with van der Waals surface area (Å²) in [6.45, 7) is 6.22. The molecule has 2 N–H and O–H groups in total. The van der Waals surface area contributed by atoms with E-state index in [1.165, 1.54) is 10.6 Å². The SMILES string of the molecule is CCCNCCNC(=O)c1ccc2c(c1)CC(C)N2S(C)(=O)=O. The predicted octanol–water partition coefficient (Wildman–Crippen LogP) is 1.13. The lowest BCUT2D eigenvalue weighted by Gasteiger charge is -2.21. The topological polar surface area (TPSA) is 78.5 Å². The molecule has 0 spiro atoms. The Morgan fingerprint density at radius 2 is 2.04 bits per heavy atom. The molecule has 1 aliphatic heterocycles. The van der Waals surface area contributed by atoms with Crippen molar-refractivity contribution in [2.45, 2.75) is 32.7 Å². The zero-order chi connectivity index (χ0) is 17.0. The van der Waals surface area contributed by atoms with Crippen molar-refractivity contribution in [3.8, 4) is 0 Å². The first-order chi connectivity index (χ1) is 10.8. The van der Waals surface area contributed by atoms with Gasteiger partial charge in [-0.25, -0.2) is 8.42 Å². The lowest BCUT2D eigenvalue weighted by atomic mass is 10.1. The molecule has 1 aliphatic rings. The summed E-state index contributed by atoms with van der Waals surface area (Å²) in [6.07, 6.45) is 2.90. The van der Waals surface area contributed by atoms with Gasteiger partial charge in [0.15, 0.2) is 0 Å². The lowest BCUT2D eigenvalue weighted by molar-refractivity contribution is 0.0954. The van der Waals surface area contributed by atoms with E-state index in [1.54, 1.807) is 18.2 Å². The average Bonchev–Trinajstić information content (AvgIpc) is 2.81. The summed E-state index contributed by atoms with van der Waals surface area (Å²) in [5.74, 6) is -0.128. The van der Waals surface area contributed by atoms with Crippen LogP contribution in [0.4, 0.5) is 5.69 Å². The highest BCUT2D eigenvalue weighted by atomic mass is 32.2. The molecule has 0 bridgehead atoms. The molecule has 1 aromatic carbocycles. The molecule has 1 amide bonds. The summed E-state index contributed by atoms with van der Waals surface area (Å²) < 4.78 is 25.2. The second-order valence-electron chi connectivity index (χ2n) is 5.96. The van der Waals surface area contributed by atoms with Crippen LogP contribution in [0.5, 0.6) is 0 Å². The molecule has 1 aromatic rings. The maximum atomic E-state index is 12.2. The Morgan fingerprint density at radius 1 is 1.30 bits per heavy atom. The number of nitrogens with zero attached hydrogens (tertiary/aromatic N) is 1. The van der Waals surface area contributed by atoms with Gasteiger partial charge in [0.1, 0.15) is 0 Å². The van der Waals surface area contributed by atoms with Crippen molar-refractivity contribution >= 4 is 21.6 Å². The van der Waals surface area contributed by atoms with Crippen molar-refractivity contribution in [1.29, 1.82) is 0 Å². The molecule has 128 valence electrons. The Hall–Kier alpha value is -1.60. The molecule has 1 atom stereocenters. The molecule has 0 aromatic heterocycles. The average molecular weight is 339 g/mol. The highest BCUT2D eigenvalue weighted by Crippen LogP contribution is 2.34. The van der Waals surface area contributed by atoms with Gasteiger partial charge in [-0.05, 0) is 50.1 Å². The first kappa shape index (κ1) is 17.7. The number of hydrogen-bond donors (Lipinski definition) is 2. The third-order valence-corrected chi connectivity index (χ3v) is 5.14. The van der Waals surface area contributed by atoms with Gasteiger partial charge in [0.05, 0.1) is 11.9 Å². The minimum Gasteiger partial charge on any atom is -0.351 e. The highest BCUT2D eigenvalue weighted by Gasteiger charge is 2.32. The van der Waals surface area contributed by atoms with Crippen LogP contribution in [0.25, 0.3) is 0 Å². The highest BCUT2D eigenvalue weighted by molar-refractivity contribution is 7.92. The second-order valence-corrected chi connectivity index (χ2v) is 7.82. The van der Waals surface area contributed by atoms with E-state index in [4.69, 9.17) is 0 Å². The van der Waals surface area contributed by atoms with Crippen molar-refractivity contribution in [2.75, 3.05) is 30.2 Å². The number of benzene rings is 1. The number of fused-ring (bicyclic) bond motifs is 1. The van der Waals surface area contributed by atoms with Crippen molar-refractivity contribution in [1.82, 2.24) is 10.6 Å². The van der Waals surface area contributed by atoms with E-state index in [2.05, 4.69) is 17.6 Å². The molecule has 6 nitrogen and oxygen atoms in total. The Labute approximate surface area is 138 Å². The van der Waals surface area contributed by atoms with Crippen LogP contribution in [0.15, 0.2) is 18.2 Å². The summed E-state index contributed by atoms with van der Waals surface area (Å²) >= 11 is 0. The smallest absolute Gasteiger partial charge is 0.251 e. The van der Waals surface area contributed by atoms with Gasteiger partial charge in [-0.15, -0.1) is 0 Å². The van der Waals surface area contributed by atoms with E-state index in [9.17, 15) is 13.2 Å². The first-order valence-corrected chi connectivity index (χ1v) is 9.80. The number of hydrogen-bond acceptors (Lipinski definition) is 4. The van der Waals surface area contributed by atoms with Crippen molar-refractivity contribution in [3.63, 3.8) is 0 Å². The van der Waals surface area contributed by atoms with Gasteiger partial charge in [0.2, 0.25) is 10.0 Å². The molecular weight excluding hydrogens is 314 g/mol. The van der Waals surface area contributed by atoms with Crippen LogP contribution < -0.4 is 14.9 Å². The third-order valence-electron chi connectivity index (χ3n) is 3.87. The second kappa shape index (κ2) is 7.31. The number of nitrogens with one attached hydrogen (secondary N) is 2. The Bertz CT molecular complexity index is 673. The minimum atomic E-state index is -3.30. The van der Waals surface area contributed by atoms with E-state index >= 15 is 0 Å². The van der Waals surface area contributed by atoms with E-state index in [0.29, 0.717) is 24.2 Å². The number of amides is 1. The van der Waals surface area contributed by atoms with E-state index in [0.717, 1.165) is 25.1 Å². The van der Waals surface area contributed by atoms with Crippen LogP contribution in [0.1, 0.15) is 36.2 Å².